The van der Waals surface area contributed by atoms with Gasteiger partial charge in [0.1, 0.15) is 0 Å². The second-order valence-corrected chi connectivity index (χ2v) is 5.60. The summed E-state index contributed by atoms with van der Waals surface area (Å²) in [5.41, 5.74) is 0.737. The van der Waals surface area contributed by atoms with Gasteiger partial charge in [-0.2, -0.15) is 4.98 Å². The maximum atomic E-state index is 6.22. The largest absolute Gasteiger partial charge is 0.493 e. The highest BCUT2D eigenvalue weighted by atomic mass is 35.5. The molecular weight excluding hydrogens is 306 g/mol. The first-order valence-electron chi connectivity index (χ1n) is 7.19. The minimum Gasteiger partial charge on any atom is -0.493 e. The molecule has 1 saturated heterocycles. The Morgan fingerprint density at radius 3 is 2.86 bits per heavy atom. The monoisotopic (exact) mass is 323 g/mol. The summed E-state index contributed by atoms with van der Waals surface area (Å²) in [6, 6.07) is 3.54. The zero-order valence-electron chi connectivity index (χ0n) is 12.6. The Labute approximate surface area is 133 Å². The fourth-order valence-corrected chi connectivity index (χ4v) is 2.92. The summed E-state index contributed by atoms with van der Waals surface area (Å²) in [7, 11) is 3.11. The van der Waals surface area contributed by atoms with Crippen LogP contribution in [0.1, 0.15) is 24.7 Å². The van der Waals surface area contributed by atoms with E-state index < -0.39 is 0 Å². The normalized spacial score (nSPS) is 18.2. The minimum absolute atomic E-state index is 0.269. The van der Waals surface area contributed by atoms with E-state index in [1.165, 1.54) is 0 Å². The first-order valence-corrected chi connectivity index (χ1v) is 7.57. The highest BCUT2D eigenvalue weighted by Gasteiger charge is 2.22. The molecule has 2 aromatic rings. The summed E-state index contributed by atoms with van der Waals surface area (Å²) in [5.74, 6) is 2.46. The van der Waals surface area contributed by atoms with E-state index in [1.807, 2.05) is 0 Å². The van der Waals surface area contributed by atoms with Crippen LogP contribution >= 0.6 is 11.6 Å². The van der Waals surface area contributed by atoms with Crippen molar-refractivity contribution >= 4 is 11.6 Å². The van der Waals surface area contributed by atoms with Gasteiger partial charge in [-0.05, 0) is 31.5 Å². The summed E-state index contributed by atoms with van der Waals surface area (Å²) >= 11 is 6.22. The van der Waals surface area contributed by atoms with Crippen molar-refractivity contribution in [1.82, 2.24) is 15.5 Å². The maximum absolute atomic E-state index is 6.22. The van der Waals surface area contributed by atoms with E-state index in [4.69, 9.17) is 25.6 Å². The lowest BCUT2D eigenvalue weighted by Crippen LogP contribution is -2.28. The molecule has 2 heterocycles. The topological polar surface area (TPSA) is 69.4 Å². The summed E-state index contributed by atoms with van der Waals surface area (Å²) in [5, 5.41) is 7.85. The Balaban J connectivity index is 1.91. The van der Waals surface area contributed by atoms with Crippen molar-refractivity contribution in [2.45, 2.75) is 18.8 Å². The number of piperidine rings is 1. The third-order valence-corrected chi connectivity index (χ3v) is 4.06. The summed E-state index contributed by atoms with van der Waals surface area (Å²) in [6.07, 6.45) is 2.17. The van der Waals surface area contributed by atoms with Crippen LogP contribution in [0, 0.1) is 0 Å². The van der Waals surface area contributed by atoms with E-state index in [-0.39, 0.29) is 5.92 Å². The molecule has 1 aliphatic rings. The third-order valence-electron chi connectivity index (χ3n) is 3.78. The average Bonchev–Trinajstić information content (AvgIpc) is 3.05. The van der Waals surface area contributed by atoms with E-state index in [2.05, 4.69) is 15.5 Å². The molecule has 0 amide bonds. The second-order valence-electron chi connectivity index (χ2n) is 5.19. The molecule has 0 radical (unpaired) electrons. The number of hydrogen-bond acceptors (Lipinski definition) is 6. The number of benzene rings is 1. The van der Waals surface area contributed by atoms with E-state index >= 15 is 0 Å². The van der Waals surface area contributed by atoms with Gasteiger partial charge in [-0.15, -0.1) is 0 Å². The Morgan fingerprint density at radius 1 is 1.32 bits per heavy atom. The van der Waals surface area contributed by atoms with Crippen LogP contribution in [0.4, 0.5) is 0 Å². The van der Waals surface area contributed by atoms with Crippen molar-refractivity contribution in [3.05, 3.63) is 23.0 Å². The summed E-state index contributed by atoms with van der Waals surface area (Å²) in [6.45, 7) is 1.91. The lowest BCUT2D eigenvalue weighted by atomic mass is 10.00. The molecule has 0 bridgehead atoms. The molecule has 22 heavy (non-hydrogen) atoms. The van der Waals surface area contributed by atoms with Crippen LogP contribution in [-0.4, -0.2) is 37.4 Å². The predicted molar refractivity (Wildman–Crippen MR) is 82.7 cm³/mol. The van der Waals surface area contributed by atoms with Gasteiger partial charge < -0.3 is 19.3 Å². The number of nitrogens with zero attached hydrogens (tertiary/aromatic N) is 2. The highest BCUT2D eigenvalue weighted by Crippen LogP contribution is 2.38. The molecular formula is C15H18ClN3O3. The number of aromatic nitrogens is 2. The van der Waals surface area contributed by atoms with Crippen LogP contribution in [0.5, 0.6) is 11.5 Å². The maximum Gasteiger partial charge on any atom is 0.231 e. The fourth-order valence-electron chi connectivity index (χ4n) is 2.63. The number of methoxy groups -OCH3 is 2. The SMILES string of the molecule is COc1cc(-c2noc([C@@H]3CCCNC3)n2)cc(Cl)c1OC. The minimum atomic E-state index is 0.269. The van der Waals surface area contributed by atoms with E-state index in [0.717, 1.165) is 31.5 Å². The van der Waals surface area contributed by atoms with E-state index in [9.17, 15) is 0 Å². The second kappa shape index (κ2) is 6.54. The van der Waals surface area contributed by atoms with Crippen molar-refractivity contribution in [1.29, 1.82) is 0 Å². The molecule has 0 spiro atoms. The van der Waals surface area contributed by atoms with Gasteiger partial charge in [-0.3, -0.25) is 0 Å². The van der Waals surface area contributed by atoms with Crippen molar-refractivity contribution < 1.29 is 14.0 Å². The number of hydrogen-bond donors (Lipinski definition) is 1. The standard InChI is InChI=1S/C15H18ClN3O3/c1-20-12-7-10(6-11(16)13(12)21-2)14-18-15(22-19-14)9-4-3-5-17-8-9/h6-7,9,17H,3-5,8H2,1-2H3/t9-/m1/s1. The van der Waals surface area contributed by atoms with Crippen molar-refractivity contribution in [3.63, 3.8) is 0 Å². The highest BCUT2D eigenvalue weighted by molar-refractivity contribution is 6.32. The van der Waals surface area contributed by atoms with Crippen molar-refractivity contribution in [2.75, 3.05) is 27.3 Å². The van der Waals surface area contributed by atoms with Crippen LogP contribution in [0.15, 0.2) is 16.7 Å². The summed E-state index contributed by atoms with van der Waals surface area (Å²) in [4.78, 5) is 4.50. The van der Waals surface area contributed by atoms with Crippen molar-refractivity contribution in [2.24, 2.45) is 0 Å². The lowest BCUT2D eigenvalue weighted by molar-refractivity contribution is 0.322. The molecule has 1 aromatic carbocycles. The number of nitrogens with one attached hydrogen (secondary N) is 1. The molecule has 7 heteroatoms. The quantitative estimate of drug-likeness (QED) is 0.933. The van der Waals surface area contributed by atoms with Crippen LogP contribution in [0.25, 0.3) is 11.4 Å². The first kappa shape index (κ1) is 15.1. The molecule has 0 aliphatic carbocycles. The van der Waals surface area contributed by atoms with E-state index in [0.29, 0.717) is 28.2 Å². The number of rotatable bonds is 4. The molecule has 0 saturated carbocycles. The van der Waals surface area contributed by atoms with Gasteiger partial charge in [0, 0.05) is 12.1 Å². The van der Waals surface area contributed by atoms with Gasteiger partial charge in [0.05, 0.1) is 25.2 Å². The Morgan fingerprint density at radius 2 is 2.18 bits per heavy atom. The first-order chi connectivity index (χ1) is 10.7. The van der Waals surface area contributed by atoms with Gasteiger partial charge in [0.2, 0.25) is 11.7 Å². The average molecular weight is 324 g/mol. The van der Waals surface area contributed by atoms with E-state index in [1.54, 1.807) is 26.4 Å². The van der Waals surface area contributed by atoms with Gasteiger partial charge >= 0.3 is 0 Å². The Hall–Kier alpha value is -1.79. The fraction of sp³-hybridized carbons (Fsp3) is 0.467. The summed E-state index contributed by atoms with van der Waals surface area (Å²) < 4.78 is 15.9. The molecule has 1 aromatic heterocycles. The molecule has 1 N–H and O–H groups in total. The zero-order chi connectivity index (χ0) is 15.5. The molecule has 118 valence electrons. The van der Waals surface area contributed by atoms with Gasteiger partial charge in [0.15, 0.2) is 11.5 Å². The number of ether oxygens (including phenoxy) is 2. The molecule has 0 unspecified atom stereocenters. The zero-order valence-corrected chi connectivity index (χ0v) is 13.3. The van der Waals surface area contributed by atoms with Crippen molar-refractivity contribution in [3.8, 4) is 22.9 Å². The van der Waals surface area contributed by atoms with Crippen LogP contribution in [0.3, 0.4) is 0 Å². The van der Waals surface area contributed by atoms with Crippen LogP contribution < -0.4 is 14.8 Å². The van der Waals surface area contributed by atoms with Gasteiger partial charge in [0.25, 0.3) is 0 Å². The number of halogens is 1. The molecule has 1 atom stereocenters. The third kappa shape index (κ3) is 2.89. The molecule has 6 nitrogen and oxygen atoms in total. The lowest BCUT2D eigenvalue weighted by Gasteiger charge is -2.18. The Kier molecular flexibility index (Phi) is 4.49. The predicted octanol–water partition coefficient (Wildman–Crippen LogP) is 2.87. The van der Waals surface area contributed by atoms with Crippen LogP contribution in [-0.2, 0) is 0 Å². The molecule has 3 rings (SSSR count). The molecule has 1 aliphatic heterocycles. The van der Waals surface area contributed by atoms with Gasteiger partial charge in [-0.1, -0.05) is 16.8 Å². The smallest absolute Gasteiger partial charge is 0.231 e. The van der Waals surface area contributed by atoms with Gasteiger partial charge in [-0.25, -0.2) is 0 Å². The van der Waals surface area contributed by atoms with Crippen LogP contribution in [0.2, 0.25) is 5.02 Å². The Bertz CT molecular complexity index is 653. The molecule has 1 fully saturated rings.